The molecular weight excluding hydrogens is 278 g/mol. The Morgan fingerprint density at radius 3 is 2.39 bits per heavy atom. The highest BCUT2D eigenvalue weighted by Crippen LogP contribution is 2.33. The zero-order chi connectivity index (χ0) is 13.7. The molecule has 0 aliphatic carbocycles. The maximum atomic E-state index is 11.6. The van der Waals surface area contributed by atoms with Gasteiger partial charge >= 0.3 is 5.76 Å². The number of aromatic nitrogens is 1. The topological polar surface area (TPSA) is 80.1 Å². The molecule has 0 atom stereocenters. The van der Waals surface area contributed by atoms with E-state index < -0.39 is 20.2 Å². The summed E-state index contributed by atoms with van der Waals surface area (Å²) in [6.45, 7) is 5.58. The normalized spacial score (nSPS) is 13.1. The lowest BCUT2D eigenvalue weighted by Crippen LogP contribution is -2.15. The number of hydrogen-bond acceptors (Lipinski definition) is 4. The van der Waals surface area contributed by atoms with Crippen LogP contribution < -0.4 is 5.76 Å². The second kappa shape index (κ2) is 3.86. The van der Waals surface area contributed by atoms with Gasteiger partial charge in [-0.1, -0.05) is 20.8 Å². The Morgan fingerprint density at radius 2 is 1.89 bits per heavy atom. The van der Waals surface area contributed by atoms with Crippen LogP contribution in [0.25, 0.3) is 11.1 Å². The summed E-state index contributed by atoms with van der Waals surface area (Å²) < 4.78 is 28.0. The van der Waals surface area contributed by atoms with E-state index in [-0.39, 0.29) is 10.5 Å². The van der Waals surface area contributed by atoms with E-state index in [4.69, 9.17) is 15.1 Å². The smallest absolute Gasteiger partial charge is 0.408 e. The van der Waals surface area contributed by atoms with E-state index in [2.05, 4.69) is 4.98 Å². The SMILES string of the molecule is CC(C)(C)c1cc2[nH]c(=O)oc2cc1S(=O)(=O)Cl. The number of H-pyrrole nitrogens is 1. The van der Waals surface area contributed by atoms with Gasteiger partial charge in [0.15, 0.2) is 5.58 Å². The molecule has 0 amide bonds. The predicted octanol–water partition coefficient (Wildman–Crippen LogP) is 2.35. The Morgan fingerprint density at radius 1 is 1.28 bits per heavy atom. The highest BCUT2D eigenvalue weighted by molar-refractivity contribution is 8.13. The maximum absolute atomic E-state index is 11.6. The molecular formula is C11H12ClNO4S. The minimum absolute atomic E-state index is 0.0353. The van der Waals surface area contributed by atoms with Crippen LogP contribution in [0.2, 0.25) is 0 Å². The van der Waals surface area contributed by atoms with Crippen LogP contribution in [0.1, 0.15) is 26.3 Å². The van der Waals surface area contributed by atoms with Crippen LogP contribution in [0.3, 0.4) is 0 Å². The molecule has 0 unspecified atom stereocenters. The van der Waals surface area contributed by atoms with Crippen molar-refractivity contribution in [2.45, 2.75) is 31.1 Å². The average molecular weight is 290 g/mol. The first-order chi connectivity index (χ1) is 8.09. The number of oxazole rings is 1. The summed E-state index contributed by atoms with van der Waals surface area (Å²) in [5.41, 5.74) is 0.725. The summed E-state index contributed by atoms with van der Waals surface area (Å²) in [5.74, 6) is -0.631. The van der Waals surface area contributed by atoms with Gasteiger partial charge in [-0.25, -0.2) is 13.2 Å². The number of rotatable bonds is 1. The molecule has 2 rings (SSSR count). The van der Waals surface area contributed by atoms with Gasteiger partial charge in [0.25, 0.3) is 9.05 Å². The van der Waals surface area contributed by atoms with Gasteiger partial charge in [-0.2, -0.15) is 0 Å². The van der Waals surface area contributed by atoms with Crippen molar-refractivity contribution in [2.24, 2.45) is 0 Å². The van der Waals surface area contributed by atoms with E-state index in [1.165, 1.54) is 6.07 Å². The third-order valence-corrected chi connectivity index (χ3v) is 3.95. The van der Waals surface area contributed by atoms with Crippen molar-refractivity contribution in [2.75, 3.05) is 0 Å². The number of nitrogens with one attached hydrogen (secondary N) is 1. The Labute approximate surface area is 108 Å². The monoisotopic (exact) mass is 289 g/mol. The Bertz CT molecular complexity index is 764. The Hall–Kier alpha value is -1.27. The first-order valence-electron chi connectivity index (χ1n) is 5.21. The number of fused-ring (bicyclic) bond motifs is 1. The standard InChI is InChI=1S/C11H12ClNO4S/c1-11(2,3)6-4-7-8(17-10(14)13-7)5-9(6)18(12,15)16/h4-5H,1-3H3,(H,13,14). The maximum Gasteiger partial charge on any atom is 0.417 e. The molecule has 0 fully saturated rings. The van der Waals surface area contributed by atoms with Crippen molar-refractivity contribution in [3.63, 3.8) is 0 Å². The zero-order valence-electron chi connectivity index (χ0n) is 10.1. The van der Waals surface area contributed by atoms with Gasteiger partial charge in [0, 0.05) is 16.7 Å². The molecule has 0 aliphatic heterocycles. The van der Waals surface area contributed by atoms with Crippen LogP contribution in [-0.2, 0) is 14.5 Å². The van der Waals surface area contributed by atoms with Gasteiger partial charge in [-0.05, 0) is 17.0 Å². The van der Waals surface area contributed by atoms with E-state index in [1.54, 1.807) is 6.07 Å². The van der Waals surface area contributed by atoms with Gasteiger partial charge in [0.1, 0.15) is 0 Å². The number of aromatic amines is 1. The van der Waals surface area contributed by atoms with Crippen molar-refractivity contribution < 1.29 is 12.8 Å². The van der Waals surface area contributed by atoms with Crippen LogP contribution in [0, 0.1) is 0 Å². The fourth-order valence-electron chi connectivity index (χ4n) is 1.77. The average Bonchev–Trinajstić information content (AvgIpc) is 2.52. The van der Waals surface area contributed by atoms with Gasteiger partial charge in [-0.15, -0.1) is 0 Å². The van der Waals surface area contributed by atoms with Crippen molar-refractivity contribution in [3.05, 3.63) is 28.2 Å². The molecule has 0 aliphatic rings. The quantitative estimate of drug-likeness (QED) is 0.817. The molecule has 0 bridgehead atoms. The van der Waals surface area contributed by atoms with Gasteiger partial charge in [0.05, 0.1) is 10.4 Å². The molecule has 5 nitrogen and oxygen atoms in total. The highest BCUT2D eigenvalue weighted by Gasteiger charge is 2.26. The molecule has 1 aromatic heterocycles. The Kier molecular flexibility index (Phi) is 2.82. The lowest BCUT2D eigenvalue weighted by molar-refractivity contribution is 0.550. The lowest BCUT2D eigenvalue weighted by atomic mass is 9.87. The number of hydrogen-bond donors (Lipinski definition) is 1. The van der Waals surface area contributed by atoms with Crippen molar-refractivity contribution in [1.29, 1.82) is 0 Å². The Balaban J connectivity index is 2.93. The van der Waals surface area contributed by atoms with Crippen molar-refractivity contribution in [3.8, 4) is 0 Å². The highest BCUT2D eigenvalue weighted by atomic mass is 35.7. The second-order valence-corrected chi connectivity index (χ2v) is 7.58. The largest absolute Gasteiger partial charge is 0.417 e. The first kappa shape index (κ1) is 13.2. The number of halogens is 1. The summed E-state index contributed by atoms with van der Waals surface area (Å²) in [6, 6.07) is 2.85. The first-order valence-corrected chi connectivity index (χ1v) is 7.52. The number of benzene rings is 1. The van der Waals surface area contributed by atoms with E-state index >= 15 is 0 Å². The van der Waals surface area contributed by atoms with E-state index in [0.717, 1.165) is 0 Å². The van der Waals surface area contributed by atoms with Crippen LogP contribution in [0.15, 0.2) is 26.2 Å². The minimum Gasteiger partial charge on any atom is -0.408 e. The van der Waals surface area contributed by atoms with Crippen LogP contribution in [0.5, 0.6) is 0 Å². The summed E-state index contributed by atoms with van der Waals surface area (Å²) in [4.78, 5) is 13.6. The van der Waals surface area contributed by atoms with Crippen LogP contribution in [-0.4, -0.2) is 13.4 Å². The fourth-order valence-corrected chi connectivity index (χ4v) is 3.03. The fraction of sp³-hybridized carbons (Fsp3) is 0.364. The predicted molar refractivity (Wildman–Crippen MR) is 68.6 cm³/mol. The van der Waals surface area contributed by atoms with E-state index in [9.17, 15) is 13.2 Å². The van der Waals surface area contributed by atoms with Gasteiger partial charge < -0.3 is 4.42 Å². The summed E-state index contributed by atoms with van der Waals surface area (Å²) >= 11 is 0. The van der Waals surface area contributed by atoms with Crippen molar-refractivity contribution in [1.82, 2.24) is 4.98 Å². The second-order valence-electron chi connectivity index (χ2n) is 5.05. The molecule has 7 heteroatoms. The third kappa shape index (κ3) is 2.30. The van der Waals surface area contributed by atoms with Crippen LogP contribution in [0.4, 0.5) is 0 Å². The minimum atomic E-state index is -3.90. The summed E-state index contributed by atoms with van der Waals surface area (Å²) in [7, 11) is 1.52. The molecule has 1 N–H and O–H groups in total. The molecule has 18 heavy (non-hydrogen) atoms. The molecule has 98 valence electrons. The van der Waals surface area contributed by atoms with Crippen LogP contribution >= 0.6 is 10.7 Å². The van der Waals surface area contributed by atoms with E-state index in [1.807, 2.05) is 20.8 Å². The molecule has 1 heterocycles. The molecule has 0 radical (unpaired) electrons. The van der Waals surface area contributed by atoms with Crippen molar-refractivity contribution >= 4 is 30.8 Å². The van der Waals surface area contributed by atoms with Gasteiger partial charge in [-0.3, -0.25) is 4.98 Å². The van der Waals surface area contributed by atoms with Gasteiger partial charge in [0.2, 0.25) is 0 Å². The van der Waals surface area contributed by atoms with E-state index in [0.29, 0.717) is 11.1 Å². The lowest BCUT2D eigenvalue weighted by Gasteiger charge is -2.21. The summed E-state index contributed by atoms with van der Waals surface area (Å²) in [5, 5.41) is 0. The molecule has 0 saturated heterocycles. The summed E-state index contributed by atoms with van der Waals surface area (Å²) in [6.07, 6.45) is 0. The molecule has 1 aromatic carbocycles. The molecule has 0 saturated carbocycles. The third-order valence-electron chi connectivity index (χ3n) is 2.59. The molecule has 2 aromatic rings. The zero-order valence-corrected chi connectivity index (χ0v) is 11.6. The molecule has 0 spiro atoms.